The van der Waals surface area contributed by atoms with Crippen LogP contribution in [0.2, 0.25) is 6.04 Å². The van der Waals surface area contributed by atoms with Gasteiger partial charge in [0.1, 0.15) is 0 Å². The highest BCUT2D eigenvalue weighted by molar-refractivity contribution is 7.99. The van der Waals surface area contributed by atoms with Gasteiger partial charge in [-0.15, -0.1) is 0 Å². The molecule has 0 heterocycles. The topological polar surface area (TPSA) is 53.7 Å². The summed E-state index contributed by atoms with van der Waals surface area (Å²) in [5, 5.41) is 0.521. The van der Waals surface area contributed by atoms with Gasteiger partial charge in [0.2, 0.25) is 0 Å². The summed E-state index contributed by atoms with van der Waals surface area (Å²) in [5.41, 5.74) is 5.60. The van der Waals surface area contributed by atoms with Crippen molar-refractivity contribution in [2.24, 2.45) is 5.73 Å². The van der Waals surface area contributed by atoms with E-state index in [0.29, 0.717) is 25.1 Å². The van der Waals surface area contributed by atoms with Gasteiger partial charge < -0.3 is 19.0 Å². The van der Waals surface area contributed by atoms with Gasteiger partial charge >= 0.3 is 8.80 Å². The third kappa shape index (κ3) is 7.76. The van der Waals surface area contributed by atoms with Crippen molar-refractivity contribution in [1.29, 1.82) is 0 Å². The van der Waals surface area contributed by atoms with E-state index in [2.05, 4.69) is 6.92 Å². The predicted octanol–water partition coefficient (Wildman–Crippen LogP) is 2.51. The van der Waals surface area contributed by atoms with Crippen LogP contribution in [0.15, 0.2) is 0 Å². The third-order valence-electron chi connectivity index (χ3n) is 2.45. The van der Waals surface area contributed by atoms with Crippen LogP contribution in [0.1, 0.15) is 34.1 Å². The number of rotatable bonds is 12. The second kappa shape index (κ2) is 11.3. The fourth-order valence-electron chi connectivity index (χ4n) is 1.64. The highest BCUT2D eigenvalue weighted by Gasteiger charge is 2.39. The van der Waals surface area contributed by atoms with Crippen LogP contribution in [0.3, 0.4) is 0 Å². The lowest BCUT2D eigenvalue weighted by Gasteiger charge is -2.28. The second-order valence-corrected chi connectivity index (χ2v) is 8.28. The lowest BCUT2D eigenvalue weighted by Crippen LogP contribution is -2.46. The van der Waals surface area contributed by atoms with E-state index in [1.807, 2.05) is 32.5 Å². The largest absolute Gasteiger partial charge is 0.500 e. The number of hydrogen-bond donors (Lipinski definition) is 1. The van der Waals surface area contributed by atoms with Gasteiger partial charge in [-0.25, -0.2) is 0 Å². The molecule has 0 fully saturated rings. The summed E-state index contributed by atoms with van der Waals surface area (Å²) >= 11 is 1.90. The molecule has 0 aliphatic rings. The summed E-state index contributed by atoms with van der Waals surface area (Å²) in [4.78, 5) is 0. The van der Waals surface area contributed by atoms with E-state index >= 15 is 0 Å². The Labute approximate surface area is 117 Å². The molecule has 1 unspecified atom stereocenters. The van der Waals surface area contributed by atoms with Crippen LogP contribution in [0.4, 0.5) is 0 Å². The Morgan fingerprint density at radius 3 is 1.94 bits per heavy atom. The first kappa shape index (κ1) is 18.4. The minimum absolute atomic E-state index is 0.521. The molecule has 0 aliphatic heterocycles. The smallest absolute Gasteiger partial charge is 0.374 e. The maximum absolute atomic E-state index is 5.80. The van der Waals surface area contributed by atoms with Gasteiger partial charge in [-0.2, -0.15) is 11.8 Å². The molecule has 110 valence electrons. The number of hydrogen-bond acceptors (Lipinski definition) is 5. The summed E-state index contributed by atoms with van der Waals surface area (Å²) in [6.07, 6.45) is 1.06. The Morgan fingerprint density at radius 2 is 1.56 bits per heavy atom. The van der Waals surface area contributed by atoms with Crippen LogP contribution in [-0.4, -0.2) is 46.2 Å². The normalized spacial score (nSPS) is 13.8. The molecule has 2 N–H and O–H groups in total. The van der Waals surface area contributed by atoms with Gasteiger partial charge in [-0.1, -0.05) is 6.92 Å². The molecule has 0 saturated carbocycles. The molecule has 0 saturated heterocycles. The predicted molar refractivity (Wildman–Crippen MR) is 81.0 cm³/mol. The van der Waals surface area contributed by atoms with E-state index in [1.54, 1.807) is 0 Å². The molecule has 0 radical (unpaired) electrons. The molecule has 4 nitrogen and oxygen atoms in total. The zero-order valence-electron chi connectivity index (χ0n) is 12.2. The molecule has 0 aliphatic carbocycles. The Bertz CT molecular complexity index is 181. The van der Waals surface area contributed by atoms with Gasteiger partial charge in [-0.05, 0) is 32.9 Å². The van der Waals surface area contributed by atoms with Crippen LogP contribution in [0.25, 0.3) is 0 Å². The summed E-state index contributed by atoms with van der Waals surface area (Å²) < 4.78 is 17.4. The molecule has 0 aromatic heterocycles. The number of nitrogens with two attached hydrogens (primary N) is 1. The lowest BCUT2D eigenvalue weighted by molar-refractivity contribution is 0.0712. The second-order valence-electron chi connectivity index (χ2n) is 4.00. The van der Waals surface area contributed by atoms with E-state index < -0.39 is 8.80 Å². The fraction of sp³-hybridized carbons (Fsp3) is 1.00. The Morgan fingerprint density at radius 1 is 1.06 bits per heavy atom. The fourth-order valence-corrected chi connectivity index (χ4v) is 5.36. The van der Waals surface area contributed by atoms with Crippen molar-refractivity contribution >= 4 is 20.6 Å². The maximum Gasteiger partial charge on any atom is 0.500 e. The summed E-state index contributed by atoms with van der Waals surface area (Å²) in [5.74, 6) is 1.08. The van der Waals surface area contributed by atoms with Gasteiger partial charge in [0, 0.05) is 37.7 Å². The lowest BCUT2D eigenvalue weighted by atomic mass is 10.5. The van der Waals surface area contributed by atoms with E-state index in [1.165, 1.54) is 0 Å². The molecule has 0 spiro atoms. The van der Waals surface area contributed by atoms with Gasteiger partial charge in [-0.3, -0.25) is 0 Å². The van der Waals surface area contributed by atoms with E-state index in [9.17, 15) is 0 Å². The molecule has 6 heteroatoms. The first-order valence-electron chi connectivity index (χ1n) is 6.87. The molecule has 1 atom stereocenters. The van der Waals surface area contributed by atoms with Crippen molar-refractivity contribution < 1.29 is 13.3 Å². The Kier molecular flexibility index (Phi) is 11.5. The van der Waals surface area contributed by atoms with Crippen LogP contribution >= 0.6 is 11.8 Å². The zero-order chi connectivity index (χ0) is 13.9. The van der Waals surface area contributed by atoms with Crippen LogP contribution in [-0.2, 0) is 13.3 Å². The van der Waals surface area contributed by atoms with Crippen molar-refractivity contribution in [3.63, 3.8) is 0 Å². The standard InChI is InChI=1S/C12H29NO3SSi/c1-5-14-18(15-6-2,16-7-3)10-8-9-17-12(4)11-13/h12H,5-11,13H2,1-4H3. The number of thioether (sulfide) groups is 1. The first-order chi connectivity index (χ1) is 8.64. The van der Waals surface area contributed by atoms with Crippen molar-refractivity contribution in [3.05, 3.63) is 0 Å². The molecule has 0 bridgehead atoms. The summed E-state index contributed by atoms with van der Waals surface area (Å²) in [7, 11) is -2.42. The molecule has 0 rings (SSSR count). The molecular weight excluding hydrogens is 266 g/mol. The molecule has 0 amide bonds. The molecular formula is C12H29NO3SSi. The average molecular weight is 296 g/mol. The third-order valence-corrected chi connectivity index (χ3v) is 6.89. The minimum Gasteiger partial charge on any atom is -0.374 e. The monoisotopic (exact) mass is 295 g/mol. The highest BCUT2D eigenvalue weighted by atomic mass is 32.2. The van der Waals surface area contributed by atoms with E-state index in [4.69, 9.17) is 19.0 Å². The van der Waals surface area contributed by atoms with Crippen LogP contribution in [0, 0.1) is 0 Å². The molecule has 0 aromatic rings. The minimum atomic E-state index is -2.42. The summed E-state index contributed by atoms with van der Waals surface area (Å²) in [6, 6.07) is 0.896. The summed E-state index contributed by atoms with van der Waals surface area (Å²) in [6.45, 7) is 10.8. The zero-order valence-corrected chi connectivity index (χ0v) is 14.1. The Balaban J connectivity index is 4.12. The van der Waals surface area contributed by atoms with Crippen LogP contribution < -0.4 is 5.73 Å². The average Bonchev–Trinajstić information content (AvgIpc) is 2.35. The Hall–Kier alpha value is 0.407. The highest BCUT2D eigenvalue weighted by Crippen LogP contribution is 2.21. The van der Waals surface area contributed by atoms with Gasteiger partial charge in [0.25, 0.3) is 0 Å². The quantitative estimate of drug-likeness (QED) is 0.443. The van der Waals surface area contributed by atoms with Crippen molar-refractivity contribution in [3.8, 4) is 0 Å². The van der Waals surface area contributed by atoms with E-state index in [0.717, 1.165) is 24.8 Å². The van der Waals surface area contributed by atoms with Crippen LogP contribution in [0.5, 0.6) is 0 Å². The SMILES string of the molecule is CCO[Si](CCCSC(C)CN)(OCC)OCC. The first-order valence-corrected chi connectivity index (χ1v) is 9.85. The maximum atomic E-state index is 5.80. The molecule has 18 heavy (non-hydrogen) atoms. The van der Waals surface area contributed by atoms with Crippen molar-refractivity contribution in [1.82, 2.24) is 0 Å². The van der Waals surface area contributed by atoms with Gasteiger partial charge in [0.15, 0.2) is 0 Å². The van der Waals surface area contributed by atoms with E-state index in [-0.39, 0.29) is 0 Å². The van der Waals surface area contributed by atoms with Crippen molar-refractivity contribution in [2.75, 3.05) is 32.1 Å². The van der Waals surface area contributed by atoms with Crippen molar-refractivity contribution in [2.45, 2.75) is 45.4 Å². The molecule has 0 aromatic carbocycles. The van der Waals surface area contributed by atoms with Gasteiger partial charge in [0.05, 0.1) is 0 Å².